The molecule has 0 radical (unpaired) electrons. The zero-order valence-corrected chi connectivity index (χ0v) is 19.8. The van der Waals surface area contributed by atoms with Gasteiger partial charge in [-0.15, -0.1) is 11.8 Å². The lowest BCUT2D eigenvalue weighted by Crippen LogP contribution is -2.66. The van der Waals surface area contributed by atoms with E-state index in [4.69, 9.17) is 5.14 Å². The highest BCUT2D eigenvalue weighted by Gasteiger charge is 2.60. The molecule has 7 N–H and O–H groups in total. The molecule has 2 fully saturated rings. The Balaban J connectivity index is 1.69. The number of rotatable bonds is 10. The second-order valence-corrected chi connectivity index (χ2v) is 11.1. The van der Waals surface area contributed by atoms with Gasteiger partial charge in [-0.1, -0.05) is 6.92 Å². The molecule has 32 heavy (non-hydrogen) atoms. The zero-order chi connectivity index (χ0) is 23.8. The van der Waals surface area contributed by atoms with Crippen LogP contribution in [0.3, 0.4) is 0 Å². The van der Waals surface area contributed by atoms with E-state index in [1.807, 2.05) is 6.92 Å². The fraction of sp³-hybridized carbons (Fsp3) is 0.722. The number of carboxylic acids is 1. The summed E-state index contributed by atoms with van der Waals surface area (Å²) in [7, 11) is -2.13. The number of thioether (sulfide) groups is 1. The van der Waals surface area contributed by atoms with Crippen molar-refractivity contribution in [2.45, 2.75) is 43.6 Å². The number of carbonyl (C=O) groups is 3. The molecule has 1 unspecified atom stereocenters. The standard InChI is InChI=1S/C18H30N6O6S2/c1-8-14-13(9(2)23-12(25)7-20-3)17(26)24(14)15(18(27)28)16(8)31-11-4-10(21-6-11)5-22-32(19,29)30/h8-11,13-14,20-22H,4-7H2,1-3H3,(H,23,25)(H,27,28)(H2,19,29,30)/t8-,9?,10+,11+,13-,14-/m1/s1. The van der Waals surface area contributed by atoms with E-state index in [9.17, 15) is 27.9 Å². The minimum atomic E-state index is -3.78. The molecule has 3 heterocycles. The molecule has 3 rings (SSSR count). The van der Waals surface area contributed by atoms with Crippen LogP contribution in [0.2, 0.25) is 0 Å². The van der Waals surface area contributed by atoms with E-state index in [1.165, 1.54) is 16.7 Å². The molecule has 12 nitrogen and oxygen atoms in total. The van der Waals surface area contributed by atoms with Crippen LogP contribution < -0.4 is 25.8 Å². The van der Waals surface area contributed by atoms with Crippen molar-refractivity contribution in [3.05, 3.63) is 10.6 Å². The van der Waals surface area contributed by atoms with E-state index >= 15 is 0 Å². The fourth-order valence-electron chi connectivity index (χ4n) is 4.68. The first kappa shape index (κ1) is 24.9. The van der Waals surface area contributed by atoms with Gasteiger partial charge in [0.1, 0.15) is 5.70 Å². The molecule has 0 spiro atoms. The summed E-state index contributed by atoms with van der Waals surface area (Å²) in [5, 5.41) is 23.6. The van der Waals surface area contributed by atoms with E-state index < -0.39 is 28.1 Å². The predicted molar refractivity (Wildman–Crippen MR) is 118 cm³/mol. The highest BCUT2D eigenvalue weighted by molar-refractivity contribution is 8.03. The number of carboxylic acid groups (broad SMARTS) is 1. The lowest BCUT2D eigenvalue weighted by atomic mass is 9.78. The van der Waals surface area contributed by atoms with Crippen LogP contribution >= 0.6 is 11.8 Å². The molecule has 0 saturated carbocycles. The molecular weight excluding hydrogens is 460 g/mol. The van der Waals surface area contributed by atoms with Crippen LogP contribution in [0.25, 0.3) is 0 Å². The molecule has 0 bridgehead atoms. The van der Waals surface area contributed by atoms with Crippen molar-refractivity contribution in [2.24, 2.45) is 17.0 Å². The molecule has 2 saturated heterocycles. The van der Waals surface area contributed by atoms with Gasteiger partial charge in [-0.3, -0.25) is 9.59 Å². The Hall–Kier alpha value is -1.71. The summed E-state index contributed by atoms with van der Waals surface area (Å²) in [6.07, 6.45) is 0.620. The van der Waals surface area contributed by atoms with Crippen molar-refractivity contribution in [1.29, 1.82) is 0 Å². The van der Waals surface area contributed by atoms with Crippen LogP contribution in [0.5, 0.6) is 0 Å². The monoisotopic (exact) mass is 490 g/mol. The normalized spacial score (nSPS) is 30.8. The van der Waals surface area contributed by atoms with E-state index in [2.05, 4.69) is 20.7 Å². The number of hydrogen-bond acceptors (Lipinski definition) is 8. The first-order valence-corrected chi connectivity index (χ1v) is 12.8. The van der Waals surface area contributed by atoms with Crippen LogP contribution in [0.15, 0.2) is 10.6 Å². The zero-order valence-electron chi connectivity index (χ0n) is 18.1. The Morgan fingerprint density at radius 3 is 2.69 bits per heavy atom. The van der Waals surface area contributed by atoms with Crippen molar-refractivity contribution in [1.82, 2.24) is 25.6 Å². The molecule has 14 heteroatoms. The fourth-order valence-corrected chi connectivity index (χ4v) is 6.63. The van der Waals surface area contributed by atoms with E-state index in [-0.39, 0.29) is 53.9 Å². The van der Waals surface area contributed by atoms with Gasteiger partial charge >= 0.3 is 5.97 Å². The van der Waals surface area contributed by atoms with Gasteiger partial charge in [0, 0.05) is 41.2 Å². The number of nitrogens with zero attached hydrogens (tertiary/aromatic N) is 1. The average molecular weight is 491 g/mol. The Kier molecular flexibility index (Phi) is 7.51. The van der Waals surface area contributed by atoms with Gasteiger partial charge in [-0.2, -0.15) is 8.42 Å². The number of amides is 2. The minimum Gasteiger partial charge on any atom is -0.477 e. The lowest BCUT2D eigenvalue weighted by molar-refractivity contribution is -0.158. The molecule has 3 aliphatic rings. The Morgan fingerprint density at radius 1 is 1.41 bits per heavy atom. The molecule has 0 aromatic heterocycles. The van der Waals surface area contributed by atoms with Crippen LogP contribution in [0, 0.1) is 11.8 Å². The first-order chi connectivity index (χ1) is 14.9. The predicted octanol–water partition coefficient (Wildman–Crippen LogP) is -2.26. The summed E-state index contributed by atoms with van der Waals surface area (Å²) in [4.78, 5) is 38.8. The third-order valence-electron chi connectivity index (χ3n) is 6.06. The summed E-state index contributed by atoms with van der Waals surface area (Å²) in [5.74, 6) is -2.37. The van der Waals surface area contributed by atoms with Crippen LogP contribution in [0.4, 0.5) is 0 Å². The van der Waals surface area contributed by atoms with Gasteiger partial charge in [0.15, 0.2) is 0 Å². The van der Waals surface area contributed by atoms with E-state index in [1.54, 1.807) is 14.0 Å². The van der Waals surface area contributed by atoms with Gasteiger partial charge < -0.3 is 26.0 Å². The smallest absolute Gasteiger partial charge is 0.353 e. The van der Waals surface area contributed by atoms with Gasteiger partial charge in [-0.05, 0) is 20.4 Å². The van der Waals surface area contributed by atoms with Crippen molar-refractivity contribution < 1.29 is 27.9 Å². The number of aliphatic carboxylic acids is 1. The number of nitrogens with two attached hydrogens (primary N) is 1. The topological polar surface area (TPSA) is 183 Å². The van der Waals surface area contributed by atoms with Gasteiger partial charge in [0.25, 0.3) is 10.2 Å². The minimum absolute atomic E-state index is 0.00797. The Labute approximate surface area is 191 Å². The van der Waals surface area contributed by atoms with Gasteiger partial charge in [0.2, 0.25) is 11.8 Å². The number of carbonyl (C=O) groups excluding carboxylic acids is 2. The lowest BCUT2D eigenvalue weighted by Gasteiger charge is -2.47. The summed E-state index contributed by atoms with van der Waals surface area (Å²) < 4.78 is 24.5. The number of nitrogens with one attached hydrogen (secondary N) is 4. The highest BCUT2D eigenvalue weighted by Crippen LogP contribution is 2.51. The quantitative estimate of drug-likeness (QED) is 0.184. The van der Waals surface area contributed by atoms with Crippen molar-refractivity contribution >= 4 is 39.8 Å². The average Bonchev–Trinajstić information content (AvgIpc) is 3.22. The molecule has 2 amide bonds. The molecule has 0 aromatic carbocycles. The van der Waals surface area contributed by atoms with Crippen molar-refractivity contribution in [2.75, 3.05) is 26.7 Å². The summed E-state index contributed by atoms with van der Waals surface area (Å²) in [6.45, 7) is 4.51. The van der Waals surface area contributed by atoms with Crippen molar-refractivity contribution in [3.8, 4) is 0 Å². The van der Waals surface area contributed by atoms with Gasteiger partial charge in [0.05, 0.1) is 18.5 Å². The second kappa shape index (κ2) is 9.65. The summed E-state index contributed by atoms with van der Waals surface area (Å²) in [5.41, 5.74) is 0.00797. The Morgan fingerprint density at radius 2 is 2.09 bits per heavy atom. The Bertz CT molecular complexity index is 925. The second-order valence-electron chi connectivity index (χ2n) is 8.39. The maximum absolute atomic E-state index is 12.9. The number of fused-ring (bicyclic) bond motifs is 1. The SMILES string of the molecule is CNCC(=O)NC(C)[C@H]1C(=O)N2C(C(=O)O)=C(S[C@@H]3CN[C@H](CNS(N)(=O)=O)C3)[C@H](C)[C@H]12. The molecule has 3 aliphatic heterocycles. The van der Waals surface area contributed by atoms with Crippen LogP contribution in [0.1, 0.15) is 20.3 Å². The van der Waals surface area contributed by atoms with E-state index in [0.717, 1.165) is 0 Å². The summed E-state index contributed by atoms with van der Waals surface area (Å²) in [6, 6.07) is -0.867. The maximum Gasteiger partial charge on any atom is 0.353 e. The summed E-state index contributed by atoms with van der Waals surface area (Å²) >= 11 is 1.42. The maximum atomic E-state index is 12.9. The van der Waals surface area contributed by atoms with Crippen LogP contribution in [-0.4, -0.2) is 86.3 Å². The van der Waals surface area contributed by atoms with Gasteiger partial charge in [-0.25, -0.2) is 14.7 Å². The van der Waals surface area contributed by atoms with E-state index in [0.29, 0.717) is 17.9 Å². The third-order valence-corrected chi connectivity index (χ3v) is 8.14. The highest BCUT2D eigenvalue weighted by atomic mass is 32.2. The number of likely N-dealkylation sites (N-methyl/N-ethyl adjacent to an activating group) is 1. The first-order valence-electron chi connectivity index (χ1n) is 10.4. The third kappa shape index (κ3) is 5.10. The van der Waals surface area contributed by atoms with Crippen molar-refractivity contribution in [3.63, 3.8) is 0 Å². The molecule has 0 aliphatic carbocycles. The number of β-lactam (4-membered cyclic amide) rings is 1. The number of hydrogen-bond donors (Lipinski definition) is 6. The van der Waals surface area contributed by atoms with Crippen LogP contribution in [-0.2, 0) is 24.6 Å². The molecule has 180 valence electrons. The molecular formula is C18H30N6O6S2. The largest absolute Gasteiger partial charge is 0.477 e. The molecule has 6 atom stereocenters. The molecule has 0 aromatic rings.